The van der Waals surface area contributed by atoms with Crippen LogP contribution in [0.25, 0.3) is 10.8 Å². The van der Waals surface area contributed by atoms with Gasteiger partial charge in [0.05, 0.1) is 5.56 Å². The lowest BCUT2D eigenvalue weighted by Crippen LogP contribution is -2.40. The molecule has 0 spiro atoms. The maximum atomic E-state index is 12.3. The molecule has 0 saturated heterocycles. The number of carboxylic acid groups (broad SMARTS) is 1. The Kier molecular flexibility index (Phi) is 4.75. The van der Waals surface area contributed by atoms with Crippen LogP contribution in [-0.2, 0) is 4.79 Å². The van der Waals surface area contributed by atoms with Crippen LogP contribution in [0.5, 0.6) is 0 Å². The Morgan fingerprint density at radius 3 is 2.62 bits per heavy atom. The lowest BCUT2D eigenvalue weighted by Gasteiger charge is -2.14. The van der Waals surface area contributed by atoms with Gasteiger partial charge in [-0.1, -0.05) is 49.2 Å². The Bertz CT molecular complexity index is 688. The Morgan fingerprint density at radius 2 is 2.00 bits per heavy atom. The monoisotopic (exact) mass is 306 g/mol. The van der Waals surface area contributed by atoms with Gasteiger partial charge in [0.2, 0.25) is 0 Å². The quantitative estimate of drug-likeness (QED) is 0.832. The number of nitrogens with one attached hydrogen (secondary N) is 1. The second kappa shape index (κ2) is 6.54. The van der Waals surface area contributed by atoms with Crippen LogP contribution in [0.1, 0.15) is 30.1 Å². The summed E-state index contributed by atoms with van der Waals surface area (Å²) in [5.41, 5.74) is 0.317. The summed E-state index contributed by atoms with van der Waals surface area (Å²) < 4.78 is 0. The van der Waals surface area contributed by atoms with Crippen LogP contribution in [0.15, 0.2) is 30.5 Å². The average Bonchev–Trinajstić information content (AvgIpc) is 2.47. The zero-order valence-electron chi connectivity index (χ0n) is 11.5. The minimum Gasteiger partial charge on any atom is -0.480 e. The number of halogens is 1. The minimum absolute atomic E-state index is 0.311. The third-order valence-electron chi connectivity index (χ3n) is 3.17. The first-order chi connectivity index (χ1) is 10.0. The summed E-state index contributed by atoms with van der Waals surface area (Å²) in [6, 6.07) is 6.21. The van der Waals surface area contributed by atoms with Crippen LogP contribution in [0, 0.1) is 0 Å². The molecule has 0 saturated carbocycles. The number of carbonyl (C=O) groups excluding carboxylic acids is 1. The fourth-order valence-corrected chi connectivity index (χ4v) is 2.33. The van der Waals surface area contributed by atoms with Gasteiger partial charge in [-0.15, -0.1) is 0 Å². The van der Waals surface area contributed by atoms with Crippen molar-refractivity contribution in [2.45, 2.75) is 25.8 Å². The minimum atomic E-state index is -1.04. The third-order valence-corrected chi connectivity index (χ3v) is 3.47. The summed E-state index contributed by atoms with van der Waals surface area (Å²) in [5, 5.41) is 13.3. The standard InChI is InChI=1S/C15H15ClN2O3/c1-2-5-12(15(20)21)18-14(19)11-8-17-13(16)10-7-4-3-6-9(10)11/h3-4,6-8,12H,2,5H2,1H3,(H,18,19)(H,20,21). The van der Waals surface area contributed by atoms with Crippen molar-refractivity contribution in [2.75, 3.05) is 0 Å². The Labute approximate surface area is 126 Å². The Balaban J connectivity index is 2.36. The first kappa shape index (κ1) is 15.3. The van der Waals surface area contributed by atoms with Crippen molar-refractivity contribution in [3.05, 3.63) is 41.2 Å². The van der Waals surface area contributed by atoms with E-state index < -0.39 is 17.9 Å². The van der Waals surface area contributed by atoms with E-state index in [-0.39, 0.29) is 0 Å². The summed E-state index contributed by atoms with van der Waals surface area (Å²) in [6.45, 7) is 1.86. The van der Waals surface area contributed by atoms with Crippen molar-refractivity contribution in [3.8, 4) is 0 Å². The topological polar surface area (TPSA) is 79.3 Å². The highest BCUT2D eigenvalue weighted by Crippen LogP contribution is 2.24. The van der Waals surface area contributed by atoms with Crippen LogP contribution < -0.4 is 5.32 Å². The number of nitrogens with zero attached hydrogens (tertiary/aromatic N) is 1. The third kappa shape index (κ3) is 3.31. The van der Waals surface area contributed by atoms with Gasteiger partial charge in [0.1, 0.15) is 11.2 Å². The van der Waals surface area contributed by atoms with Crippen LogP contribution in [0.4, 0.5) is 0 Å². The fourth-order valence-electron chi connectivity index (χ4n) is 2.12. The largest absolute Gasteiger partial charge is 0.480 e. The molecule has 1 amide bonds. The number of amides is 1. The van der Waals surface area contributed by atoms with Gasteiger partial charge in [-0.25, -0.2) is 9.78 Å². The first-order valence-corrected chi connectivity index (χ1v) is 6.99. The van der Waals surface area contributed by atoms with Crippen molar-refractivity contribution in [3.63, 3.8) is 0 Å². The molecule has 110 valence electrons. The molecule has 5 nitrogen and oxygen atoms in total. The molecule has 2 N–H and O–H groups in total. The second-order valence-electron chi connectivity index (χ2n) is 4.66. The highest BCUT2D eigenvalue weighted by atomic mass is 35.5. The molecule has 1 aromatic carbocycles. The van der Waals surface area contributed by atoms with Crippen molar-refractivity contribution in [1.29, 1.82) is 0 Å². The molecule has 1 unspecified atom stereocenters. The number of carboxylic acids is 1. The summed E-state index contributed by atoms with van der Waals surface area (Å²) >= 11 is 6.00. The lowest BCUT2D eigenvalue weighted by atomic mass is 10.1. The van der Waals surface area contributed by atoms with E-state index in [4.69, 9.17) is 16.7 Å². The summed E-state index contributed by atoms with van der Waals surface area (Å²) in [6.07, 6.45) is 2.40. The number of hydrogen-bond donors (Lipinski definition) is 2. The van der Waals surface area contributed by atoms with Crippen molar-refractivity contribution < 1.29 is 14.7 Å². The van der Waals surface area contributed by atoms with E-state index in [2.05, 4.69) is 10.3 Å². The number of hydrogen-bond acceptors (Lipinski definition) is 3. The molecule has 0 aliphatic rings. The fraction of sp³-hybridized carbons (Fsp3) is 0.267. The second-order valence-corrected chi connectivity index (χ2v) is 5.02. The van der Waals surface area contributed by atoms with Crippen molar-refractivity contribution in [2.24, 2.45) is 0 Å². The van der Waals surface area contributed by atoms with Crippen molar-refractivity contribution >= 4 is 34.2 Å². The van der Waals surface area contributed by atoms with Gasteiger partial charge in [0.25, 0.3) is 5.91 Å². The maximum absolute atomic E-state index is 12.3. The molecular weight excluding hydrogens is 292 g/mol. The van der Waals surface area contributed by atoms with E-state index in [1.807, 2.05) is 6.92 Å². The van der Waals surface area contributed by atoms with Gasteiger partial charge in [0.15, 0.2) is 0 Å². The molecule has 0 aliphatic carbocycles. The molecule has 1 aromatic heterocycles. The number of fused-ring (bicyclic) bond motifs is 1. The van der Waals surface area contributed by atoms with Gasteiger partial charge in [-0.05, 0) is 11.8 Å². The van der Waals surface area contributed by atoms with E-state index in [0.717, 1.165) is 0 Å². The smallest absolute Gasteiger partial charge is 0.326 e. The van der Waals surface area contributed by atoms with Crippen LogP contribution in [0.2, 0.25) is 5.15 Å². The molecule has 2 rings (SSSR count). The number of carbonyl (C=O) groups is 2. The molecule has 6 heteroatoms. The molecule has 1 atom stereocenters. The summed E-state index contributed by atoms with van der Waals surface area (Å²) in [5.74, 6) is -1.51. The van der Waals surface area contributed by atoms with Gasteiger partial charge < -0.3 is 10.4 Å². The average molecular weight is 307 g/mol. The van der Waals surface area contributed by atoms with Gasteiger partial charge >= 0.3 is 5.97 Å². The predicted molar refractivity (Wildman–Crippen MR) is 80.6 cm³/mol. The molecule has 0 radical (unpaired) electrons. The summed E-state index contributed by atoms with van der Waals surface area (Å²) in [7, 11) is 0. The first-order valence-electron chi connectivity index (χ1n) is 6.61. The molecular formula is C15H15ClN2O3. The molecule has 0 bridgehead atoms. The van der Waals surface area contributed by atoms with Crippen molar-refractivity contribution in [1.82, 2.24) is 10.3 Å². The molecule has 2 aromatic rings. The van der Waals surface area contributed by atoms with E-state index in [0.29, 0.717) is 34.3 Å². The van der Waals surface area contributed by atoms with Gasteiger partial charge in [-0.2, -0.15) is 0 Å². The zero-order chi connectivity index (χ0) is 15.4. The normalized spacial score (nSPS) is 12.1. The number of benzene rings is 1. The summed E-state index contributed by atoms with van der Waals surface area (Å²) in [4.78, 5) is 27.4. The SMILES string of the molecule is CCCC(NC(=O)c1cnc(Cl)c2ccccc12)C(=O)O. The van der Waals surface area contributed by atoms with Crippen LogP contribution in [0.3, 0.4) is 0 Å². The Morgan fingerprint density at radius 1 is 1.33 bits per heavy atom. The molecule has 21 heavy (non-hydrogen) atoms. The molecule has 0 aliphatic heterocycles. The number of rotatable bonds is 5. The van der Waals surface area contributed by atoms with E-state index >= 15 is 0 Å². The van der Waals surface area contributed by atoms with E-state index in [1.54, 1.807) is 24.3 Å². The number of pyridine rings is 1. The molecule has 0 fully saturated rings. The van der Waals surface area contributed by atoms with Crippen LogP contribution in [-0.4, -0.2) is 28.0 Å². The van der Waals surface area contributed by atoms with Gasteiger partial charge in [-0.3, -0.25) is 4.79 Å². The highest BCUT2D eigenvalue weighted by molar-refractivity contribution is 6.34. The number of aromatic nitrogens is 1. The predicted octanol–water partition coefficient (Wildman–Crippen LogP) is 2.87. The number of aliphatic carboxylic acids is 1. The highest BCUT2D eigenvalue weighted by Gasteiger charge is 2.21. The van der Waals surface area contributed by atoms with Gasteiger partial charge in [0, 0.05) is 11.6 Å². The van der Waals surface area contributed by atoms with Crippen LogP contribution >= 0.6 is 11.6 Å². The Hall–Kier alpha value is -2.14. The maximum Gasteiger partial charge on any atom is 0.326 e. The van der Waals surface area contributed by atoms with E-state index in [1.165, 1.54) is 6.20 Å². The van der Waals surface area contributed by atoms with E-state index in [9.17, 15) is 9.59 Å². The molecule has 1 heterocycles. The lowest BCUT2D eigenvalue weighted by molar-refractivity contribution is -0.139. The zero-order valence-corrected chi connectivity index (χ0v) is 12.2.